The molecule has 2 unspecified atom stereocenters. The van der Waals surface area contributed by atoms with Crippen LogP contribution in [-0.4, -0.2) is 31.0 Å². The molecule has 0 aliphatic heterocycles. The van der Waals surface area contributed by atoms with Gasteiger partial charge in [0, 0.05) is 13.5 Å². The second kappa shape index (κ2) is 7.28. The van der Waals surface area contributed by atoms with E-state index in [1.807, 2.05) is 0 Å². The van der Waals surface area contributed by atoms with E-state index in [2.05, 4.69) is 11.8 Å². The Balaban J connectivity index is 2.12. The normalized spacial score (nSPS) is 21.9. The molecule has 1 N–H and O–H groups in total. The van der Waals surface area contributed by atoms with Crippen LogP contribution < -0.4 is 4.74 Å². The molecule has 2 atom stereocenters. The number of halogens is 1. The molecule has 0 saturated heterocycles. The third-order valence-corrected chi connectivity index (χ3v) is 3.45. The van der Waals surface area contributed by atoms with Gasteiger partial charge >= 0.3 is 0 Å². The monoisotopic (exact) mass is 278 g/mol. The molecule has 0 spiro atoms. The average molecular weight is 278 g/mol. The lowest BCUT2D eigenvalue weighted by Crippen LogP contribution is -2.29. The zero-order valence-electron chi connectivity index (χ0n) is 11.6. The minimum atomic E-state index is -0.363. The van der Waals surface area contributed by atoms with Gasteiger partial charge in [0.25, 0.3) is 0 Å². The highest BCUT2D eigenvalue weighted by Gasteiger charge is 2.23. The fraction of sp³-hybridized carbons (Fsp3) is 0.500. The number of hydrogen-bond donors (Lipinski definition) is 1. The molecule has 1 aliphatic carbocycles. The Morgan fingerprint density at radius 1 is 1.35 bits per heavy atom. The van der Waals surface area contributed by atoms with Crippen LogP contribution in [0.2, 0.25) is 0 Å². The van der Waals surface area contributed by atoms with Crippen molar-refractivity contribution in [3.63, 3.8) is 0 Å². The number of ether oxygens (including phenoxy) is 2. The molecule has 1 fully saturated rings. The van der Waals surface area contributed by atoms with Gasteiger partial charge in [-0.05, 0) is 37.5 Å². The van der Waals surface area contributed by atoms with Gasteiger partial charge < -0.3 is 14.6 Å². The predicted octanol–water partition coefficient (Wildman–Crippen LogP) is 2.51. The summed E-state index contributed by atoms with van der Waals surface area (Å²) in [6, 6.07) is 4.28. The number of hydrogen-bond acceptors (Lipinski definition) is 3. The summed E-state index contributed by atoms with van der Waals surface area (Å²) in [6.45, 7) is -0.259. The van der Waals surface area contributed by atoms with Gasteiger partial charge in [0.2, 0.25) is 0 Å². The molecule has 3 nitrogen and oxygen atoms in total. The Morgan fingerprint density at radius 2 is 2.15 bits per heavy atom. The Hall–Kier alpha value is -1.57. The van der Waals surface area contributed by atoms with Crippen LogP contribution >= 0.6 is 0 Å². The second-order valence-electron chi connectivity index (χ2n) is 4.86. The fourth-order valence-electron chi connectivity index (χ4n) is 2.44. The largest absolute Gasteiger partial charge is 0.489 e. The van der Waals surface area contributed by atoms with Gasteiger partial charge in [0.05, 0.1) is 11.7 Å². The number of aliphatic hydroxyl groups excluding tert-OH is 1. The molecule has 2 rings (SSSR count). The molecule has 108 valence electrons. The number of aliphatic hydroxyl groups is 1. The third kappa shape index (κ3) is 3.96. The van der Waals surface area contributed by atoms with E-state index in [0.29, 0.717) is 11.3 Å². The third-order valence-electron chi connectivity index (χ3n) is 3.45. The number of methoxy groups -OCH3 is 1. The van der Waals surface area contributed by atoms with Gasteiger partial charge in [0.1, 0.15) is 24.3 Å². The van der Waals surface area contributed by atoms with Crippen molar-refractivity contribution in [2.45, 2.75) is 37.9 Å². The highest BCUT2D eigenvalue weighted by Crippen LogP contribution is 2.27. The van der Waals surface area contributed by atoms with Crippen molar-refractivity contribution in [1.29, 1.82) is 0 Å². The topological polar surface area (TPSA) is 38.7 Å². The Bertz CT molecular complexity index is 504. The second-order valence-corrected chi connectivity index (χ2v) is 4.86. The molecule has 1 aliphatic rings. The molecule has 4 heteroatoms. The number of benzene rings is 1. The fourth-order valence-corrected chi connectivity index (χ4v) is 2.44. The van der Waals surface area contributed by atoms with E-state index >= 15 is 0 Å². The average Bonchev–Trinajstić information content (AvgIpc) is 2.47. The minimum absolute atomic E-state index is 0.0637. The van der Waals surface area contributed by atoms with Crippen molar-refractivity contribution in [3.8, 4) is 17.6 Å². The Morgan fingerprint density at radius 3 is 2.90 bits per heavy atom. The first-order valence-electron chi connectivity index (χ1n) is 6.81. The SMILES string of the molecule is COC1CCCC(Oc2ccc(F)cc2C#CCO)C1. The van der Waals surface area contributed by atoms with E-state index in [0.717, 1.165) is 25.7 Å². The van der Waals surface area contributed by atoms with E-state index in [1.165, 1.54) is 12.1 Å². The lowest BCUT2D eigenvalue weighted by molar-refractivity contribution is 0.0208. The van der Waals surface area contributed by atoms with Gasteiger partial charge in [-0.15, -0.1) is 0 Å². The first kappa shape index (κ1) is 14.8. The summed E-state index contributed by atoms with van der Waals surface area (Å²) in [6.07, 6.45) is 4.19. The van der Waals surface area contributed by atoms with Gasteiger partial charge in [-0.3, -0.25) is 0 Å². The van der Waals surface area contributed by atoms with Crippen LogP contribution in [0, 0.1) is 17.7 Å². The smallest absolute Gasteiger partial charge is 0.135 e. The lowest BCUT2D eigenvalue weighted by atomic mass is 9.95. The zero-order valence-corrected chi connectivity index (χ0v) is 11.6. The van der Waals surface area contributed by atoms with Crippen LogP contribution in [0.5, 0.6) is 5.75 Å². The van der Waals surface area contributed by atoms with Gasteiger partial charge in [-0.2, -0.15) is 0 Å². The summed E-state index contributed by atoms with van der Waals surface area (Å²) < 4.78 is 24.6. The van der Waals surface area contributed by atoms with E-state index in [-0.39, 0.29) is 24.6 Å². The first-order chi connectivity index (χ1) is 9.72. The zero-order chi connectivity index (χ0) is 14.4. The summed E-state index contributed by atoms with van der Waals surface area (Å²) in [5.74, 6) is 5.45. The molecule has 0 heterocycles. The summed E-state index contributed by atoms with van der Waals surface area (Å²) >= 11 is 0. The highest BCUT2D eigenvalue weighted by atomic mass is 19.1. The summed E-state index contributed by atoms with van der Waals surface area (Å²) in [5, 5.41) is 8.75. The van der Waals surface area contributed by atoms with Gasteiger partial charge in [-0.25, -0.2) is 4.39 Å². The Labute approximate surface area is 118 Å². The van der Waals surface area contributed by atoms with Crippen LogP contribution in [-0.2, 0) is 4.74 Å². The van der Waals surface area contributed by atoms with Crippen molar-refractivity contribution in [2.75, 3.05) is 13.7 Å². The van der Waals surface area contributed by atoms with Crippen molar-refractivity contribution >= 4 is 0 Å². The van der Waals surface area contributed by atoms with E-state index in [4.69, 9.17) is 14.6 Å². The standard InChI is InChI=1S/C16H19FO3/c1-19-14-5-2-6-15(11-14)20-16-8-7-13(17)10-12(16)4-3-9-18/h7-8,10,14-15,18H,2,5-6,9,11H2,1H3. The summed E-state index contributed by atoms with van der Waals surface area (Å²) in [7, 11) is 1.71. The van der Waals surface area contributed by atoms with Crippen LogP contribution in [0.3, 0.4) is 0 Å². The van der Waals surface area contributed by atoms with E-state index < -0.39 is 0 Å². The molecule has 0 bridgehead atoms. The summed E-state index contributed by atoms with van der Waals surface area (Å²) in [4.78, 5) is 0. The molecule has 0 radical (unpaired) electrons. The van der Waals surface area contributed by atoms with Crippen molar-refractivity contribution in [1.82, 2.24) is 0 Å². The molecular formula is C16H19FO3. The van der Waals surface area contributed by atoms with Crippen LogP contribution in [0.1, 0.15) is 31.2 Å². The van der Waals surface area contributed by atoms with Crippen molar-refractivity contribution in [3.05, 3.63) is 29.6 Å². The van der Waals surface area contributed by atoms with Gasteiger partial charge in [0.15, 0.2) is 0 Å². The van der Waals surface area contributed by atoms with Crippen molar-refractivity contribution in [2.24, 2.45) is 0 Å². The Kier molecular flexibility index (Phi) is 5.40. The molecule has 1 saturated carbocycles. The van der Waals surface area contributed by atoms with Crippen molar-refractivity contribution < 1.29 is 19.0 Å². The van der Waals surface area contributed by atoms with Crippen LogP contribution in [0.15, 0.2) is 18.2 Å². The quantitative estimate of drug-likeness (QED) is 0.863. The first-order valence-corrected chi connectivity index (χ1v) is 6.81. The minimum Gasteiger partial charge on any atom is -0.489 e. The number of rotatable bonds is 3. The van der Waals surface area contributed by atoms with Gasteiger partial charge in [-0.1, -0.05) is 11.8 Å². The molecule has 20 heavy (non-hydrogen) atoms. The molecular weight excluding hydrogens is 259 g/mol. The maximum absolute atomic E-state index is 13.3. The maximum Gasteiger partial charge on any atom is 0.135 e. The maximum atomic E-state index is 13.3. The molecule has 0 aromatic heterocycles. The van der Waals surface area contributed by atoms with E-state index in [1.54, 1.807) is 13.2 Å². The predicted molar refractivity (Wildman–Crippen MR) is 74.0 cm³/mol. The molecule has 1 aromatic carbocycles. The summed E-state index contributed by atoms with van der Waals surface area (Å²) in [5.41, 5.74) is 0.471. The van der Waals surface area contributed by atoms with Crippen LogP contribution in [0.25, 0.3) is 0 Å². The lowest BCUT2D eigenvalue weighted by Gasteiger charge is -2.29. The van der Waals surface area contributed by atoms with E-state index in [9.17, 15) is 4.39 Å². The molecule has 0 amide bonds. The molecule has 1 aromatic rings. The highest BCUT2D eigenvalue weighted by molar-refractivity contribution is 5.46. The van der Waals surface area contributed by atoms with Crippen LogP contribution in [0.4, 0.5) is 4.39 Å².